The Balaban J connectivity index is 2.06. The van der Waals surface area contributed by atoms with Gasteiger partial charge in [-0.3, -0.25) is 9.59 Å². The Labute approximate surface area is 107 Å². The molecule has 1 fully saturated rings. The molecular formula is C15H18O3. The van der Waals surface area contributed by atoms with Crippen LogP contribution < -0.4 is 0 Å². The molecule has 3 rings (SSSR count). The van der Waals surface area contributed by atoms with Gasteiger partial charge in [-0.05, 0) is 37.5 Å². The van der Waals surface area contributed by atoms with Gasteiger partial charge >= 0.3 is 5.97 Å². The van der Waals surface area contributed by atoms with Crippen molar-refractivity contribution in [2.75, 3.05) is 7.11 Å². The summed E-state index contributed by atoms with van der Waals surface area (Å²) in [4.78, 5) is 24.5. The zero-order valence-corrected chi connectivity index (χ0v) is 10.6. The first kappa shape index (κ1) is 11.7. The topological polar surface area (TPSA) is 43.4 Å². The standard InChI is InChI=1S/C15H18O3/c1-18-13(17)11-10-14-6-2-4-8-15(14,12(11)16)9-5-3-7-14/h2-5,11H,6-10H2,1H3/t11-,14?,15?/m0/s1. The van der Waals surface area contributed by atoms with Crippen LogP contribution in [0.3, 0.4) is 0 Å². The summed E-state index contributed by atoms with van der Waals surface area (Å²) in [5, 5.41) is 0. The highest BCUT2D eigenvalue weighted by atomic mass is 16.5. The molecule has 96 valence electrons. The summed E-state index contributed by atoms with van der Waals surface area (Å²) in [5.74, 6) is -0.784. The fraction of sp³-hybridized carbons (Fsp3) is 0.600. The van der Waals surface area contributed by atoms with Gasteiger partial charge in [0.1, 0.15) is 5.92 Å². The van der Waals surface area contributed by atoms with Crippen LogP contribution in [-0.2, 0) is 14.3 Å². The molecule has 1 atom stereocenters. The number of carbonyl (C=O) groups excluding carboxylic acids is 2. The predicted octanol–water partition coefficient (Wildman–Crippen LogP) is 2.42. The fourth-order valence-corrected chi connectivity index (χ4v) is 4.15. The highest BCUT2D eigenvalue weighted by Crippen LogP contribution is 2.64. The summed E-state index contributed by atoms with van der Waals surface area (Å²) in [6.45, 7) is 0. The lowest BCUT2D eigenvalue weighted by atomic mass is 9.55. The van der Waals surface area contributed by atoms with Gasteiger partial charge in [0.25, 0.3) is 0 Å². The largest absolute Gasteiger partial charge is 0.468 e. The fourth-order valence-electron chi connectivity index (χ4n) is 4.15. The third-order valence-electron chi connectivity index (χ3n) is 5.17. The summed E-state index contributed by atoms with van der Waals surface area (Å²) in [6, 6.07) is 0. The van der Waals surface area contributed by atoms with Crippen molar-refractivity contribution in [3.63, 3.8) is 0 Å². The predicted molar refractivity (Wildman–Crippen MR) is 66.7 cm³/mol. The molecule has 0 aliphatic heterocycles. The van der Waals surface area contributed by atoms with Crippen LogP contribution in [0, 0.1) is 16.7 Å². The molecule has 0 heterocycles. The van der Waals surface area contributed by atoms with Gasteiger partial charge in [-0.15, -0.1) is 0 Å². The van der Waals surface area contributed by atoms with Gasteiger partial charge in [0, 0.05) is 5.41 Å². The lowest BCUT2D eigenvalue weighted by Gasteiger charge is -2.47. The quantitative estimate of drug-likeness (QED) is 0.405. The van der Waals surface area contributed by atoms with Gasteiger partial charge in [0.05, 0.1) is 7.11 Å². The highest BCUT2D eigenvalue weighted by Gasteiger charge is 2.64. The third-order valence-corrected chi connectivity index (χ3v) is 5.17. The Morgan fingerprint density at radius 1 is 1.17 bits per heavy atom. The van der Waals surface area contributed by atoms with E-state index in [1.54, 1.807) is 0 Å². The average Bonchev–Trinajstić information content (AvgIpc) is 2.69. The summed E-state index contributed by atoms with van der Waals surface area (Å²) >= 11 is 0. The first-order chi connectivity index (χ1) is 8.65. The maximum atomic E-state index is 12.7. The van der Waals surface area contributed by atoms with E-state index in [4.69, 9.17) is 4.74 Å². The van der Waals surface area contributed by atoms with Crippen molar-refractivity contribution in [3.05, 3.63) is 24.3 Å². The number of ketones is 1. The smallest absolute Gasteiger partial charge is 0.316 e. The summed E-state index contributed by atoms with van der Waals surface area (Å²) in [7, 11) is 1.37. The van der Waals surface area contributed by atoms with Gasteiger partial charge in [-0.25, -0.2) is 0 Å². The number of carbonyl (C=O) groups is 2. The highest BCUT2D eigenvalue weighted by molar-refractivity contribution is 6.05. The average molecular weight is 246 g/mol. The molecule has 0 amide bonds. The van der Waals surface area contributed by atoms with E-state index in [1.807, 2.05) is 0 Å². The van der Waals surface area contributed by atoms with Crippen molar-refractivity contribution < 1.29 is 14.3 Å². The molecule has 0 spiro atoms. The van der Waals surface area contributed by atoms with Crippen molar-refractivity contribution >= 4 is 11.8 Å². The molecule has 0 N–H and O–H groups in total. The van der Waals surface area contributed by atoms with Crippen LogP contribution in [0.25, 0.3) is 0 Å². The van der Waals surface area contributed by atoms with Crippen molar-refractivity contribution in [3.8, 4) is 0 Å². The molecule has 0 saturated heterocycles. The van der Waals surface area contributed by atoms with E-state index >= 15 is 0 Å². The van der Waals surface area contributed by atoms with Gasteiger partial charge < -0.3 is 4.74 Å². The second-order valence-electron chi connectivity index (χ2n) is 5.77. The Morgan fingerprint density at radius 3 is 2.22 bits per heavy atom. The SMILES string of the molecule is COC(=O)[C@H]1CC23CC=CCC2(CC=CC3)C1=O. The van der Waals surface area contributed by atoms with E-state index in [0.717, 1.165) is 25.7 Å². The van der Waals surface area contributed by atoms with Crippen LogP contribution in [0.5, 0.6) is 0 Å². The van der Waals surface area contributed by atoms with E-state index in [2.05, 4.69) is 24.3 Å². The second-order valence-corrected chi connectivity index (χ2v) is 5.77. The van der Waals surface area contributed by atoms with Crippen LogP contribution in [0.1, 0.15) is 32.1 Å². The number of hydrogen-bond donors (Lipinski definition) is 0. The Morgan fingerprint density at radius 2 is 1.72 bits per heavy atom. The Bertz CT molecular complexity index is 440. The van der Waals surface area contributed by atoms with E-state index in [1.165, 1.54) is 7.11 Å². The minimum absolute atomic E-state index is 0.0353. The molecule has 1 saturated carbocycles. The van der Waals surface area contributed by atoms with Crippen LogP contribution in [0.4, 0.5) is 0 Å². The first-order valence-corrected chi connectivity index (χ1v) is 6.57. The van der Waals surface area contributed by atoms with Crippen LogP contribution in [0.15, 0.2) is 24.3 Å². The number of hydrogen-bond acceptors (Lipinski definition) is 3. The number of methoxy groups -OCH3 is 1. The van der Waals surface area contributed by atoms with E-state index < -0.39 is 5.92 Å². The molecule has 3 aliphatic rings. The molecule has 3 aliphatic carbocycles. The zero-order chi connectivity index (χ0) is 12.8. The molecule has 0 aromatic heterocycles. The molecule has 3 heteroatoms. The van der Waals surface area contributed by atoms with Crippen molar-refractivity contribution in [2.45, 2.75) is 32.1 Å². The summed E-state index contributed by atoms with van der Waals surface area (Å²) < 4.78 is 4.81. The Kier molecular flexibility index (Phi) is 2.47. The van der Waals surface area contributed by atoms with Gasteiger partial charge in [0.15, 0.2) is 5.78 Å². The van der Waals surface area contributed by atoms with Crippen LogP contribution in [0.2, 0.25) is 0 Å². The number of allylic oxidation sites excluding steroid dienone is 4. The van der Waals surface area contributed by atoms with Gasteiger partial charge in [-0.1, -0.05) is 24.3 Å². The normalized spacial score (nSPS) is 41.4. The third kappa shape index (κ3) is 1.25. The van der Waals surface area contributed by atoms with Crippen molar-refractivity contribution in [2.24, 2.45) is 16.7 Å². The van der Waals surface area contributed by atoms with E-state index in [9.17, 15) is 9.59 Å². The molecule has 3 nitrogen and oxygen atoms in total. The monoisotopic (exact) mass is 246 g/mol. The van der Waals surface area contributed by atoms with Gasteiger partial charge in [0.2, 0.25) is 0 Å². The lowest BCUT2D eigenvalue weighted by molar-refractivity contribution is -0.149. The molecule has 0 bridgehead atoms. The minimum atomic E-state index is -0.546. The maximum Gasteiger partial charge on any atom is 0.316 e. The zero-order valence-electron chi connectivity index (χ0n) is 10.6. The van der Waals surface area contributed by atoms with Crippen LogP contribution in [-0.4, -0.2) is 18.9 Å². The van der Waals surface area contributed by atoms with Crippen LogP contribution >= 0.6 is 0 Å². The Hall–Kier alpha value is -1.38. The molecule has 0 unspecified atom stereocenters. The van der Waals surface area contributed by atoms with Crippen molar-refractivity contribution in [1.29, 1.82) is 0 Å². The first-order valence-electron chi connectivity index (χ1n) is 6.57. The number of Topliss-reactive ketones (excluding diaryl/α,β-unsaturated/α-hetero) is 1. The summed E-state index contributed by atoms with van der Waals surface area (Å²) in [6.07, 6.45) is 12.6. The molecule has 0 aromatic rings. The molecule has 0 radical (unpaired) electrons. The minimum Gasteiger partial charge on any atom is -0.468 e. The van der Waals surface area contributed by atoms with Crippen molar-refractivity contribution in [1.82, 2.24) is 0 Å². The molecule has 18 heavy (non-hydrogen) atoms. The second kappa shape index (κ2) is 3.81. The number of rotatable bonds is 1. The summed E-state index contributed by atoms with van der Waals surface area (Å²) in [5.41, 5.74) is -0.373. The van der Waals surface area contributed by atoms with E-state index in [-0.39, 0.29) is 22.6 Å². The van der Waals surface area contributed by atoms with Gasteiger partial charge in [-0.2, -0.15) is 0 Å². The number of esters is 1. The molecular weight excluding hydrogens is 228 g/mol. The maximum absolute atomic E-state index is 12.7. The number of ether oxygens (including phenoxy) is 1. The van der Waals surface area contributed by atoms with E-state index in [0.29, 0.717) is 6.42 Å². The molecule has 0 aromatic carbocycles. The lowest BCUT2D eigenvalue weighted by Crippen LogP contribution is -2.44.